The monoisotopic (exact) mass is 261 g/mol. The smallest absolute Gasteiger partial charge is 0.335 e. The lowest BCUT2D eigenvalue weighted by atomic mass is 10.2. The van der Waals surface area contributed by atoms with E-state index in [1.54, 1.807) is 12.1 Å². The lowest BCUT2D eigenvalue weighted by Crippen LogP contribution is -2.47. The Morgan fingerprint density at radius 3 is 2.47 bits per heavy atom. The van der Waals surface area contributed by atoms with Gasteiger partial charge in [0.15, 0.2) is 11.6 Å². The summed E-state index contributed by atoms with van der Waals surface area (Å²) in [5, 5.41) is 14.6. The maximum atomic E-state index is 10.7. The zero-order chi connectivity index (χ0) is 14.0. The van der Waals surface area contributed by atoms with Crippen LogP contribution < -0.4 is 16.4 Å². The molecule has 0 aliphatic carbocycles. The molecular formula is C12H15N5O2. The molecule has 1 aromatic carbocycles. The number of guanidine groups is 2. The van der Waals surface area contributed by atoms with Crippen molar-refractivity contribution in [2.75, 3.05) is 5.32 Å². The van der Waals surface area contributed by atoms with Crippen molar-refractivity contribution < 1.29 is 9.90 Å². The fraction of sp³-hybridized carbons (Fsp3) is 0.250. The molecule has 0 radical (unpaired) electrons. The third-order valence-corrected chi connectivity index (χ3v) is 2.42. The molecule has 100 valence electrons. The molecule has 0 unspecified atom stereocenters. The van der Waals surface area contributed by atoms with Crippen LogP contribution in [0.3, 0.4) is 0 Å². The summed E-state index contributed by atoms with van der Waals surface area (Å²) in [6.45, 7) is 3.66. The molecule has 0 saturated heterocycles. The maximum absolute atomic E-state index is 10.7. The molecule has 1 aliphatic rings. The molecule has 0 aromatic heterocycles. The van der Waals surface area contributed by atoms with Gasteiger partial charge in [0.25, 0.3) is 0 Å². The third-order valence-electron chi connectivity index (χ3n) is 2.42. The standard InChI is InChI=1S/C12H15N5O2/c1-12(2)16-10(13)15-11(17-12)14-8-5-3-7(4-6-8)9(18)19/h3-6H,1-2H3,(H,18,19)(H4,13,14,15,16,17). The van der Waals surface area contributed by atoms with Crippen molar-refractivity contribution in [3.63, 3.8) is 0 Å². The van der Waals surface area contributed by atoms with Crippen LogP contribution >= 0.6 is 0 Å². The molecule has 5 N–H and O–H groups in total. The quantitative estimate of drug-likeness (QED) is 0.629. The minimum absolute atomic E-state index is 0.227. The number of carboxylic acid groups (broad SMARTS) is 1. The number of carbonyl (C=O) groups is 1. The Morgan fingerprint density at radius 1 is 1.32 bits per heavy atom. The Hall–Kier alpha value is -2.57. The van der Waals surface area contributed by atoms with Gasteiger partial charge in [0.1, 0.15) is 0 Å². The third kappa shape index (κ3) is 3.21. The number of aliphatic imine (C=N–C) groups is 2. The van der Waals surface area contributed by atoms with E-state index >= 15 is 0 Å². The summed E-state index contributed by atoms with van der Waals surface area (Å²) < 4.78 is 0. The van der Waals surface area contributed by atoms with Crippen LogP contribution in [0, 0.1) is 0 Å². The molecule has 7 heteroatoms. The average Bonchev–Trinajstić information content (AvgIpc) is 2.26. The number of anilines is 1. The van der Waals surface area contributed by atoms with E-state index in [0.717, 1.165) is 0 Å². The molecule has 1 aromatic rings. The van der Waals surface area contributed by atoms with Gasteiger partial charge in [-0.25, -0.2) is 14.8 Å². The van der Waals surface area contributed by atoms with Gasteiger partial charge in [0, 0.05) is 5.69 Å². The van der Waals surface area contributed by atoms with Crippen LogP contribution in [0.5, 0.6) is 0 Å². The number of hydrogen-bond acceptors (Lipinski definition) is 6. The Bertz CT molecular complexity index is 560. The van der Waals surface area contributed by atoms with Crippen LogP contribution in [0.2, 0.25) is 0 Å². The van der Waals surface area contributed by atoms with Gasteiger partial charge in [0.2, 0.25) is 5.96 Å². The van der Waals surface area contributed by atoms with E-state index in [4.69, 9.17) is 10.8 Å². The molecule has 0 amide bonds. The van der Waals surface area contributed by atoms with Crippen LogP contribution in [-0.4, -0.2) is 28.7 Å². The molecule has 0 spiro atoms. The zero-order valence-corrected chi connectivity index (χ0v) is 10.6. The second-order valence-corrected chi connectivity index (χ2v) is 4.58. The second-order valence-electron chi connectivity index (χ2n) is 4.58. The summed E-state index contributed by atoms with van der Waals surface area (Å²) in [6.07, 6.45) is 0. The topological polar surface area (TPSA) is 112 Å². The van der Waals surface area contributed by atoms with Gasteiger partial charge in [-0.2, -0.15) is 0 Å². The minimum atomic E-state index is -0.961. The molecule has 0 atom stereocenters. The number of hydrogen-bond donors (Lipinski definition) is 4. The van der Waals surface area contributed by atoms with E-state index in [1.807, 2.05) is 13.8 Å². The van der Waals surface area contributed by atoms with Crippen LogP contribution in [0.25, 0.3) is 0 Å². The summed E-state index contributed by atoms with van der Waals surface area (Å²) in [5.74, 6) is -0.206. The SMILES string of the molecule is CC1(C)N=C(N)NC(Nc2ccc(C(=O)O)cc2)=N1. The van der Waals surface area contributed by atoms with E-state index in [-0.39, 0.29) is 11.5 Å². The first-order valence-electron chi connectivity index (χ1n) is 5.68. The highest BCUT2D eigenvalue weighted by atomic mass is 16.4. The van der Waals surface area contributed by atoms with E-state index < -0.39 is 11.6 Å². The summed E-state index contributed by atoms with van der Waals surface area (Å²) >= 11 is 0. The van der Waals surface area contributed by atoms with Crippen molar-refractivity contribution in [3.05, 3.63) is 29.8 Å². The largest absolute Gasteiger partial charge is 0.478 e. The van der Waals surface area contributed by atoms with E-state index in [1.165, 1.54) is 12.1 Å². The number of carboxylic acids is 1. The Balaban J connectivity index is 2.14. The highest BCUT2D eigenvalue weighted by Gasteiger charge is 2.21. The van der Waals surface area contributed by atoms with E-state index in [9.17, 15) is 4.79 Å². The van der Waals surface area contributed by atoms with Crippen molar-refractivity contribution in [3.8, 4) is 0 Å². The zero-order valence-electron chi connectivity index (χ0n) is 10.6. The van der Waals surface area contributed by atoms with Gasteiger partial charge in [-0.15, -0.1) is 0 Å². The fourth-order valence-corrected chi connectivity index (χ4v) is 1.66. The molecule has 0 saturated carbocycles. The van der Waals surface area contributed by atoms with Crippen molar-refractivity contribution in [2.24, 2.45) is 15.7 Å². The predicted octanol–water partition coefficient (Wildman–Crippen LogP) is 0.807. The number of aromatic carboxylic acids is 1. The van der Waals surface area contributed by atoms with Crippen molar-refractivity contribution in [1.29, 1.82) is 0 Å². The summed E-state index contributed by atoms with van der Waals surface area (Å²) in [5.41, 5.74) is 5.97. The van der Waals surface area contributed by atoms with Gasteiger partial charge < -0.3 is 16.2 Å². The average molecular weight is 261 g/mol. The van der Waals surface area contributed by atoms with E-state index in [2.05, 4.69) is 20.6 Å². The van der Waals surface area contributed by atoms with Crippen LogP contribution in [0.4, 0.5) is 5.69 Å². The number of nitrogens with one attached hydrogen (secondary N) is 2. The van der Waals surface area contributed by atoms with Gasteiger partial charge in [-0.3, -0.25) is 5.32 Å². The van der Waals surface area contributed by atoms with Crippen LogP contribution in [0.15, 0.2) is 34.3 Å². The van der Waals surface area contributed by atoms with Crippen LogP contribution in [0.1, 0.15) is 24.2 Å². The Kier molecular flexibility index (Phi) is 3.12. The number of nitrogens with two attached hydrogens (primary N) is 1. The Labute approximate surface area is 110 Å². The van der Waals surface area contributed by atoms with Crippen molar-refractivity contribution >= 4 is 23.6 Å². The summed E-state index contributed by atoms with van der Waals surface area (Å²) in [7, 11) is 0. The Morgan fingerprint density at radius 2 is 1.95 bits per heavy atom. The molecule has 2 rings (SSSR count). The predicted molar refractivity (Wildman–Crippen MR) is 73.3 cm³/mol. The first-order chi connectivity index (χ1) is 8.85. The highest BCUT2D eigenvalue weighted by Crippen LogP contribution is 2.15. The van der Waals surface area contributed by atoms with Crippen molar-refractivity contribution in [1.82, 2.24) is 5.32 Å². The first-order valence-corrected chi connectivity index (χ1v) is 5.68. The van der Waals surface area contributed by atoms with Gasteiger partial charge in [-0.05, 0) is 38.1 Å². The number of rotatable bonds is 2. The minimum Gasteiger partial charge on any atom is -0.478 e. The maximum Gasteiger partial charge on any atom is 0.335 e. The highest BCUT2D eigenvalue weighted by molar-refractivity contribution is 6.06. The van der Waals surface area contributed by atoms with Gasteiger partial charge >= 0.3 is 5.97 Å². The van der Waals surface area contributed by atoms with E-state index in [0.29, 0.717) is 11.6 Å². The van der Waals surface area contributed by atoms with Crippen LogP contribution in [-0.2, 0) is 0 Å². The molecule has 19 heavy (non-hydrogen) atoms. The lowest BCUT2D eigenvalue weighted by Gasteiger charge is -2.24. The number of nitrogens with zero attached hydrogens (tertiary/aromatic N) is 2. The molecular weight excluding hydrogens is 246 g/mol. The summed E-state index contributed by atoms with van der Waals surface area (Å²) in [6, 6.07) is 6.33. The second kappa shape index (κ2) is 4.60. The number of benzene rings is 1. The molecule has 1 aliphatic heterocycles. The van der Waals surface area contributed by atoms with Crippen molar-refractivity contribution in [2.45, 2.75) is 19.5 Å². The first kappa shape index (κ1) is 12.9. The van der Waals surface area contributed by atoms with Gasteiger partial charge in [0.05, 0.1) is 5.56 Å². The molecule has 7 nitrogen and oxygen atoms in total. The van der Waals surface area contributed by atoms with Gasteiger partial charge in [-0.1, -0.05) is 0 Å². The fourth-order valence-electron chi connectivity index (χ4n) is 1.66. The lowest BCUT2D eigenvalue weighted by molar-refractivity contribution is 0.0697. The molecule has 0 bridgehead atoms. The molecule has 0 fully saturated rings. The normalized spacial score (nSPS) is 16.9. The summed E-state index contributed by atoms with van der Waals surface area (Å²) in [4.78, 5) is 19.2. The molecule has 1 heterocycles.